The molecule has 4 aromatic rings. The van der Waals surface area contributed by atoms with Crippen LogP contribution in [0, 0.1) is 0 Å². The minimum Gasteiger partial charge on any atom is -0.491 e. The fraction of sp³-hybridized carbons (Fsp3) is 0.182. The van der Waals surface area contributed by atoms with Gasteiger partial charge in [0.1, 0.15) is 18.1 Å². The molecule has 0 amide bonds. The van der Waals surface area contributed by atoms with Crippen LogP contribution in [-0.4, -0.2) is 23.3 Å². The summed E-state index contributed by atoms with van der Waals surface area (Å²) in [6, 6.07) is 16.3. The van der Waals surface area contributed by atoms with E-state index in [1.165, 1.54) is 4.70 Å². The zero-order chi connectivity index (χ0) is 19.8. The molecule has 7 heteroatoms. The van der Waals surface area contributed by atoms with Crippen LogP contribution in [0.3, 0.4) is 0 Å². The minimum absolute atomic E-state index is 0.128. The van der Waals surface area contributed by atoms with E-state index in [0.29, 0.717) is 6.54 Å². The highest BCUT2D eigenvalue weighted by Crippen LogP contribution is 2.35. The summed E-state index contributed by atoms with van der Waals surface area (Å²) < 4.78 is 7.03. The maximum Gasteiger partial charge on any atom is 0.139 e. The monoisotopic (exact) mass is 401 g/mol. The van der Waals surface area contributed by atoms with Crippen LogP contribution in [0.1, 0.15) is 19.4 Å². The van der Waals surface area contributed by atoms with Gasteiger partial charge in [0, 0.05) is 32.8 Å². The summed E-state index contributed by atoms with van der Waals surface area (Å²) in [4.78, 5) is 4.93. The number of rotatable bonds is 5. The van der Waals surface area contributed by atoms with Crippen LogP contribution < -0.4 is 10.1 Å². The Morgan fingerprint density at radius 1 is 1.07 bits per heavy atom. The van der Waals surface area contributed by atoms with Crippen molar-refractivity contribution in [3.8, 4) is 5.75 Å². The molecule has 0 saturated heterocycles. The van der Waals surface area contributed by atoms with Crippen molar-refractivity contribution in [1.82, 2.24) is 4.98 Å². The van der Waals surface area contributed by atoms with Crippen molar-refractivity contribution in [2.24, 2.45) is 15.4 Å². The number of thiophene rings is 1. The molecule has 0 fully saturated rings. The van der Waals surface area contributed by atoms with E-state index in [9.17, 15) is 0 Å². The standard InChI is InChI=1S/C22H19N5OS/c1-13(2)28-16-5-3-4-15(11-16)24-22-18-8-9-29-21(18)17-7-6-14(10-19(17)25-22)20-12-23-27-26-20/h3-11,13H,12H2,1-2H3,(H,24,25). The van der Waals surface area contributed by atoms with Gasteiger partial charge in [0.25, 0.3) is 0 Å². The van der Waals surface area contributed by atoms with Gasteiger partial charge < -0.3 is 10.1 Å². The fourth-order valence-corrected chi connectivity index (χ4v) is 4.33. The van der Waals surface area contributed by atoms with Crippen LogP contribution in [0.15, 0.2) is 69.3 Å². The van der Waals surface area contributed by atoms with Gasteiger partial charge in [0.05, 0.1) is 17.3 Å². The lowest BCUT2D eigenvalue weighted by Crippen LogP contribution is -2.05. The molecule has 1 N–H and O–H groups in total. The molecular weight excluding hydrogens is 382 g/mol. The number of anilines is 2. The average molecular weight is 401 g/mol. The Kier molecular flexibility index (Phi) is 4.44. The van der Waals surface area contributed by atoms with Crippen LogP contribution in [0.5, 0.6) is 5.75 Å². The van der Waals surface area contributed by atoms with Crippen molar-refractivity contribution in [3.63, 3.8) is 0 Å². The van der Waals surface area contributed by atoms with Crippen molar-refractivity contribution in [2.75, 3.05) is 11.9 Å². The second-order valence-corrected chi connectivity index (χ2v) is 8.03. The van der Waals surface area contributed by atoms with Crippen molar-refractivity contribution >= 4 is 49.5 Å². The predicted molar refractivity (Wildman–Crippen MR) is 119 cm³/mol. The quantitative estimate of drug-likeness (QED) is 0.436. The Bertz CT molecular complexity index is 1270. The van der Waals surface area contributed by atoms with Gasteiger partial charge in [0.2, 0.25) is 0 Å². The molecule has 29 heavy (non-hydrogen) atoms. The van der Waals surface area contributed by atoms with Crippen LogP contribution in [0.4, 0.5) is 11.5 Å². The number of nitrogens with one attached hydrogen (secondary N) is 1. The Morgan fingerprint density at radius 2 is 2.00 bits per heavy atom. The first-order valence-corrected chi connectivity index (χ1v) is 10.3. The van der Waals surface area contributed by atoms with Crippen molar-refractivity contribution < 1.29 is 4.74 Å². The molecule has 1 aliphatic heterocycles. The topological polar surface area (TPSA) is 71.2 Å². The zero-order valence-electron chi connectivity index (χ0n) is 16.1. The molecule has 1 aliphatic rings. The van der Waals surface area contributed by atoms with Gasteiger partial charge >= 0.3 is 0 Å². The molecule has 3 heterocycles. The maximum atomic E-state index is 5.82. The van der Waals surface area contributed by atoms with E-state index >= 15 is 0 Å². The zero-order valence-corrected chi connectivity index (χ0v) is 16.9. The number of nitrogens with zero attached hydrogens (tertiary/aromatic N) is 4. The summed E-state index contributed by atoms with van der Waals surface area (Å²) >= 11 is 1.72. The Hall–Kier alpha value is -3.32. The SMILES string of the molecule is CC(C)Oc1cccc(Nc2nc3cc(C4=NN=NC4)ccc3c3sccc23)c1. The van der Waals surface area contributed by atoms with E-state index < -0.39 is 0 Å². The first kappa shape index (κ1) is 17.8. The second-order valence-electron chi connectivity index (χ2n) is 7.11. The molecule has 5 rings (SSSR count). The first-order chi connectivity index (χ1) is 14.2. The Balaban J connectivity index is 1.58. The van der Waals surface area contributed by atoms with Crippen molar-refractivity contribution in [2.45, 2.75) is 20.0 Å². The van der Waals surface area contributed by atoms with Crippen molar-refractivity contribution in [1.29, 1.82) is 0 Å². The lowest BCUT2D eigenvalue weighted by Gasteiger charge is -2.13. The molecular formula is C22H19N5OS. The molecule has 0 atom stereocenters. The van der Waals surface area contributed by atoms with E-state index in [2.05, 4.69) is 50.4 Å². The van der Waals surface area contributed by atoms with Gasteiger partial charge in [-0.1, -0.05) is 18.2 Å². The molecule has 6 nitrogen and oxygen atoms in total. The summed E-state index contributed by atoms with van der Waals surface area (Å²) in [6.07, 6.45) is 0.128. The molecule has 0 unspecified atom stereocenters. The number of ether oxygens (including phenoxy) is 1. The molecule has 0 radical (unpaired) electrons. The number of benzene rings is 2. The highest BCUT2D eigenvalue weighted by molar-refractivity contribution is 7.18. The molecule has 144 valence electrons. The molecule has 0 saturated carbocycles. The normalized spacial score (nSPS) is 13.4. The van der Waals surface area contributed by atoms with Crippen LogP contribution >= 0.6 is 11.3 Å². The van der Waals surface area contributed by atoms with E-state index in [0.717, 1.165) is 44.8 Å². The Morgan fingerprint density at radius 3 is 2.83 bits per heavy atom. The number of pyridine rings is 1. The van der Waals surface area contributed by atoms with Gasteiger partial charge in [-0.25, -0.2) is 4.98 Å². The van der Waals surface area contributed by atoms with Gasteiger partial charge in [-0.2, -0.15) is 5.11 Å². The number of hydrogen-bond donors (Lipinski definition) is 1. The van der Waals surface area contributed by atoms with E-state index in [-0.39, 0.29) is 6.10 Å². The molecule has 2 aromatic heterocycles. The number of hydrogen-bond acceptors (Lipinski definition) is 7. The molecule has 2 aromatic carbocycles. The first-order valence-electron chi connectivity index (χ1n) is 9.46. The summed E-state index contributed by atoms with van der Waals surface area (Å²) in [5.74, 6) is 1.66. The smallest absolute Gasteiger partial charge is 0.139 e. The van der Waals surface area contributed by atoms with Gasteiger partial charge in [0.15, 0.2) is 0 Å². The predicted octanol–water partition coefficient (Wildman–Crippen LogP) is 6.15. The summed E-state index contributed by atoms with van der Waals surface area (Å²) in [5.41, 5.74) is 3.73. The van der Waals surface area contributed by atoms with Gasteiger partial charge in [-0.15, -0.1) is 16.4 Å². The third-order valence-corrected chi connectivity index (χ3v) is 5.59. The molecule has 0 aliphatic carbocycles. The molecule has 0 bridgehead atoms. The number of fused-ring (bicyclic) bond motifs is 3. The fourth-order valence-electron chi connectivity index (χ4n) is 3.40. The summed E-state index contributed by atoms with van der Waals surface area (Å²) in [7, 11) is 0. The van der Waals surface area contributed by atoms with Gasteiger partial charge in [-0.05, 0) is 48.7 Å². The lowest BCUT2D eigenvalue weighted by atomic mass is 10.1. The van der Waals surface area contributed by atoms with Crippen LogP contribution in [0.2, 0.25) is 0 Å². The summed E-state index contributed by atoms with van der Waals surface area (Å²) in [6.45, 7) is 4.56. The second kappa shape index (κ2) is 7.25. The third-order valence-electron chi connectivity index (χ3n) is 4.65. The van der Waals surface area contributed by atoms with Crippen LogP contribution in [0.25, 0.3) is 21.0 Å². The third kappa shape index (κ3) is 3.45. The van der Waals surface area contributed by atoms with Crippen LogP contribution in [-0.2, 0) is 0 Å². The van der Waals surface area contributed by atoms with E-state index in [4.69, 9.17) is 9.72 Å². The lowest BCUT2D eigenvalue weighted by molar-refractivity contribution is 0.242. The Labute approximate surface area is 172 Å². The highest BCUT2D eigenvalue weighted by atomic mass is 32.1. The maximum absolute atomic E-state index is 5.82. The van der Waals surface area contributed by atoms with E-state index in [1.807, 2.05) is 38.1 Å². The minimum atomic E-state index is 0.128. The van der Waals surface area contributed by atoms with Gasteiger partial charge in [-0.3, -0.25) is 0 Å². The van der Waals surface area contributed by atoms with Crippen molar-refractivity contribution in [3.05, 3.63) is 59.5 Å². The summed E-state index contributed by atoms with van der Waals surface area (Å²) in [5, 5.41) is 19.6. The average Bonchev–Trinajstić information content (AvgIpc) is 3.40. The largest absolute Gasteiger partial charge is 0.491 e. The number of aromatic nitrogens is 1. The highest BCUT2D eigenvalue weighted by Gasteiger charge is 2.14. The van der Waals surface area contributed by atoms with E-state index in [1.54, 1.807) is 11.3 Å². The molecule has 0 spiro atoms.